The standard InChI is InChI=1S/C28H41N3O/c1-17-5-7-22-21(11-17)6-8-24-23(22)9-10-28(4)25(12-18(2)19(3)27(24)28)26(32)16-31-15-20(13-29)14-30-31/h14-15,17-19,21-25,27H,5-12,16H2,1-4H3/t17?,18-,19?,21?,22?,23?,24?,25?,27?,28?/m1/s1. The summed E-state index contributed by atoms with van der Waals surface area (Å²) in [7, 11) is 0. The quantitative estimate of drug-likeness (QED) is 0.575. The van der Waals surface area contributed by atoms with Gasteiger partial charge in [-0.1, -0.05) is 34.1 Å². The molecule has 10 atom stereocenters. The van der Waals surface area contributed by atoms with E-state index in [-0.39, 0.29) is 11.3 Å². The Kier molecular flexibility index (Phi) is 5.75. The average molecular weight is 436 g/mol. The van der Waals surface area contributed by atoms with Gasteiger partial charge in [-0.2, -0.15) is 10.4 Å². The van der Waals surface area contributed by atoms with Gasteiger partial charge in [0.15, 0.2) is 5.78 Å². The summed E-state index contributed by atoms with van der Waals surface area (Å²) in [6.45, 7) is 10.1. The van der Waals surface area contributed by atoms with Crippen molar-refractivity contribution in [3.05, 3.63) is 18.0 Å². The second-order valence-corrected chi connectivity index (χ2v) is 12.4. The number of nitriles is 1. The molecule has 4 nitrogen and oxygen atoms in total. The number of hydrogen-bond donors (Lipinski definition) is 0. The van der Waals surface area contributed by atoms with E-state index in [0.29, 0.717) is 35.6 Å². The fraction of sp³-hybridized carbons (Fsp3) is 0.821. The van der Waals surface area contributed by atoms with Crippen molar-refractivity contribution in [1.29, 1.82) is 5.26 Å². The van der Waals surface area contributed by atoms with Crippen LogP contribution in [-0.2, 0) is 11.3 Å². The van der Waals surface area contributed by atoms with Crippen LogP contribution >= 0.6 is 0 Å². The first-order valence-corrected chi connectivity index (χ1v) is 13.3. The minimum atomic E-state index is 0.115. The molecule has 0 aliphatic heterocycles. The molecular formula is C28H41N3O. The van der Waals surface area contributed by atoms with Crippen molar-refractivity contribution in [2.24, 2.45) is 58.7 Å². The molecule has 174 valence electrons. The molecule has 9 unspecified atom stereocenters. The summed E-state index contributed by atoms with van der Waals surface area (Å²) < 4.78 is 1.68. The minimum absolute atomic E-state index is 0.115. The number of nitrogens with zero attached hydrogens (tertiary/aromatic N) is 3. The van der Waals surface area contributed by atoms with Crippen LogP contribution in [0.2, 0.25) is 0 Å². The van der Waals surface area contributed by atoms with Crippen molar-refractivity contribution in [2.75, 3.05) is 0 Å². The van der Waals surface area contributed by atoms with Crippen LogP contribution in [0, 0.1) is 70.0 Å². The molecule has 0 N–H and O–H groups in total. The van der Waals surface area contributed by atoms with Gasteiger partial charge in [-0.05, 0) is 97.7 Å². The van der Waals surface area contributed by atoms with Gasteiger partial charge in [0, 0.05) is 12.1 Å². The maximum absolute atomic E-state index is 13.7. The van der Waals surface area contributed by atoms with Gasteiger partial charge in [-0.15, -0.1) is 0 Å². The Labute approximate surface area is 194 Å². The Morgan fingerprint density at radius 1 is 1.12 bits per heavy atom. The smallest absolute Gasteiger partial charge is 0.157 e. The van der Waals surface area contributed by atoms with Crippen molar-refractivity contribution in [2.45, 2.75) is 85.6 Å². The zero-order valence-corrected chi connectivity index (χ0v) is 20.5. The topological polar surface area (TPSA) is 58.7 Å². The third-order valence-electron chi connectivity index (χ3n) is 10.8. The summed E-state index contributed by atoms with van der Waals surface area (Å²) in [5.41, 5.74) is 0.649. The van der Waals surface area contributed by atoms with Crippen LogP contribution in [0.25, 0.3) is 0 Å². The Morgan fingerprint density at radius 2 is 1.91 bits per heavy atom. The molecule has 4 aliphatic carbocycles. The zero-order valence-electron chi connectivity index (χ0n) is 20.5. The lowest BCUT2D eigenvalue weighted by Crippen LogP contribution is -2.58. The maximum Gasteiger partial charge on any atom is 0.157 e. The van der Waals surface area contributed by atoms with Gasteiger partial charge in [0.05, 0.1) is 18.3 Å². The van der Waals surface area contributed by atoms with Crippen molar-refractivity contribution >= 4 is 5.78 Å². The highest BCUT2D eigenvalue weighted by Gasteiger charge is 2.59. The monoisotopic (exact) mass is 435 g/mol. The lowest BCUT2D eigenvalue weighted by molar-refractivity contribution is -0.160. The summed E-state index contributed by atoms with van der Waals surface area (Å²) in [6, 6.07) is 2.13. The summed E-state index contributed by atoms with van der Waals surface area (Å²) >= 11 is 0. The van der Waals surface area contributed by atoms with E-state index < -0.39 is 0 Å². The van der Waals surface area contributed by atoms with Gasteiger partial charge >= 0.3 is 0 Å². The summed E-state index contributed by atoms with van der Waals surface area (Å²) in [4.78, 5) is 13.7. The van der Waals surface area contributed by atoms with Gasteiger partial charge in [0.25, 0.3) is 0 Å². The van der Waals surface area contributed by atoms with E-state index in [1.165, 1.54) is 44.9 Å². The molecule has 0 amide bonds. The van der Waals surface area contributed by atoms with Gasteiger partial charge in [-0.3, -0.25) is 9.48 Å². The van der Waals surface area contributed by atoms with E-state index in [2.05, 4.69) is 38.9 Å². The highest BCUT2D eigenvalue weighted by atomic mass is 16.1. The lowest BCUT2D eigenvalue weighted by Gasteiger charge is -2.63. The third kappa shape index (κ3) is 3.55. The molecular weight excluding hydrogens is 394 g/mol. The molecule has 0 aromatic carbocycles. The number of carbonyl (C=O) groups is 1. The van der Waals surface area contributed by atoms with Crippen LogP contribution in [-0.4, -0.2) is 15.6 Å². The Bertz CT molecular complexity index is 899. The predicted octanol–water partition coefficient (Wildman–Crippen LogP) is 6.11. The van der Waals surface area contributed by atoms with Crippen molar-refractivity contribution in [1.82, 2.24) is 9.78 Å². The highest BCUT2D eigenvalue weighted by Crippen LogP contribution is 2.65. The molecule has 1 aromatic rings. The summed E-state index contributed by atoms with van der Waals surface area (Å²) in [5, 5.41) is 13.4. The van der Waals surface area contributed by atoms with E-state index in [1.807, 2.05) is 0 Å². The number of carbonyl (C=O) groups excluding carboxylic acids is 1. The third-order valence-corrected chi connectivity index (χ3v) is 10.8. The molecule has 0 saturated heterocycles. The predicted molar refractivity (Wildman–Crippen MR) is 125 cm³/mol. The van der Waals surface area contributed by atoms with Crippen LogP contribution in [0.5, 0.6) is 0 Å². The highest BCUT2D eigenvalue weighted by molar-refractivity contribution is 5.81. The summed E-state index contributed by atoms with van der Waals surface area (Å²) in [5.74, 6) is 6.96. The first-order valence-electron chi connectivity index (χ1n) is 13.3. The van der Waals surface area contributed by atoms with Gasteiger partial charge < -0.3 is 0 Å². The molecule has 5 rings (SSSR count). The molecule has 4 aliphatic rings. The largest absolute Gasteiger partial charge is 0.297 e. The number of Topliss-reactive ketones (excluding diaryl/α,β-unsaturated/α-hetero) is 1. The number of ketones is 1. The molecule has 4 heteroatoms. The van der Waals surface area contributed by atoms with E-state index in [0.717, 1.165) is 36.0 Å². The molecule has 0 spiro atoms. The molecule has 1 aromatic heterocycles. The number of fused-ring (bicyclic) bond motifs is 5. The van der Waals surface area contributed by atoms with Gasteiger partial charge in [0.1, 0.15) is 6.07 Å². The van der Waals surface area contributed by atoms with E-state index in [1.54, 1.807) is 17.1 Å². The first-order chi connectivity index (χ1) is 15.3. The van der Waals surface area contributed by atoms with Gasteiger partial charge in [0.2, 0.25) is 0 Å². The van der Waals surface area contributed by atoms with E-state index in [9.17, 15) is 4.79 Å². The number of hydrogen-bond acceptors (Lipinski definition) is 3. The maximum atomic E-state index is 13.7. The Balaban J connectivity index is 1.40. The van der Waals surface area contributed by atoms with Crippen LogP contribution in [0.3, 0.4) is 0 Å². The lowest BCUT2D eigenvalue weighted by atomic mass is 9.41. The first kappa shape index (κ1) is 22.2. The van der Waals surface area contributed by atoms with Crippen LogP contribution in [0.15, 0.2) is 12.4 Å². The van der Waals surface area contributed by atoms with Crippen molar-refractivity contribution in [3.63, 3.8) is 0 Å². The number of aromatic nitrogens is 2. The molecule has 4 saturated carbocycles. The number of rotatable bonds is 3. The minimum Gasteiger partial charge on any atom is -0.297 e. The fourth-order valence-electron chi connectivity index (χ4n) is 9.25. The van der Waals surface area contributed by atoms with Crippen molar-refractivity contribution in [3.8, 4) is 6.07 Å². The molecule has 32 heavy (non-hydrogen) atoms. The zero-order chi connectivity index (χ0) is 22.6. The molecule has 1 heterocycles. The fourth-order valence-corrected chi connectivity index (χ4v) is 9.25. The van der Waals surface area contributed by atoms with Crippen molar-refractivity contribution < 1.29 is 4.79 Å². The van der Waals surface area contributed by atoms with Gasteiger partial charge in [-0.25, -0.2) is 0 Å². The molecule has 4 fully saturated rings. The van der Waals surface area contributed by atoms with Crippen LogP contribution in [0.4, 0.5) is 0 Å². The molecule has 0 bridgehead atoms. The second-order valence-electron chi connectivity index (χ2n) is 12.4. The van der Waals surface area contributed by atoms with Crippen LogP contribution < -0.4 is 0 Å². The SMILES string of the molecule is CC1CCC2C(CCC3C2CCC2(C)C(C(=O)Cn4cc(C#N)cn4)C[C@@H](C)C(C)C32)C1. The normalized spacial score (nSPS) is 45.8. The molecule has 0 radical (unpaired) electrons. The van der Waals surface area contributed by atoms with Crippen LogP contribution in [0.1, 0.15) is 84.6 Å². The Morgan fingerprint density at radius 3 is 2.66 bits per heavy atom. The summed E-state index contributed by atoms with van der Waals surface area (Å²) in [6.07, 6.45) is 14.0. The van der Waals surface area contributed by atoms with E-state index in [4.69, 9.17) is 5.26 Å². The second kappa shape index (κ2) is 8.30. The average Bonchev–Trinajstić information content (AvgIpc) is 3.23. The Hall–Kier alpha value is -1.63. The van der Waals surface area contributed by atoms with E-state index >= 15 is 0 Å².